The van der Waals surface area contributed by atoms with E-state index in [1.54, 1.807) is 0 Å². The number of nitrogens with zero attached hydrogens (tertiary/aromatic N) is 1. The van der Waals surface area contributed by atoms with Crippen LogP contribution in [0.5, 0.6) is 0 Å². The summed E-state index contributed by atoms with van der Waals surface area (Å²) in [5.74, 6) is -0.0838. The number of aryl methyl sites for hydroxylation is 1. The molecule has 4 nitrogen and oxygen atoms in total. The first-order valence-electron chi connectivity index (χ1n) is 8.35. The largest absolute Gasteiger partial charge is 0.394 e. The van der Waals surface area contributed by atoms with Crippen LogP contribution in [0.4, 0.5) is 11.4 Å². The number of carbonyl (C=O) groups is 1. The third-order valence-electron chi connectivity index (χ3n) is 4.40. The van der Waals surface area contributed by atoms with E-state index in [1.807, 2.05) is 74.2 Å². The summed E-state index contributed by atoms with van der Waals surface area (Å²) in [6.45, 7) is 6.26. The highest BCUT2D eigenvalue weighted by Crippen LogP contribution is 2.20. The lowest BCUT2D eigenvalue weighted by Crippen LogP contribution is -2.42. The fourth-order valence-electron chi connectivity index (χ4n) is 2.73. The minimum Gasteiger partial charge on any atom is -0.394 e. The minimum atomic E-state index is -0.0863. The first-order valence-corrected chi connectivity index (χ1v) is 8.35. The lowest BCUT2D eigenvalue weighted by atomic mass is 10.1. The lowest BCUT2D eigenvalue weighted by Gasteiger charge is -2.31. The van der Waals surface area contributed by atoms with E-state index in [0.29, 0.717) is 0 Å². The summed E-state index contributed by atoms with van der Waals surface area (Å²) in [4.78, 5) is 14.5. The van der Waals surface area contributed by atoms with Crippen molar-refractivity contribution in [3.63, 3.8) is 0 Å². The van der Waals surface area contributed by atoms with Gasteiger partial charge in [-0.3, -0.25) is 4.79 Å². The maximum Gasteiger partial charge on any atom is 0.243 e. The number of aliphatic hydroxyl groups is 1. The van der Waals surface area contributed by atoms with E-state index in [2.05, 4.69) is 5.32 Å². The molecule has 1 atom stereocenters. The maximum atomic E-state index is 12.6. The lowest BCUT2D eigenvalue weighted by molar-refractivity contribution is -0.115. The van der Waals surface area contributed by atoms with Gasteiger partial charge in [0.15, 0.2) is 0 Å². The average Bonchev–Trinajstić information content (AvgIpc) is 2.60. The highest BCUT2D eigenvalue weighted by molar-refractivity contribution is 5.95. The zero-order valence-electron chi connectivity index (χ0n) is 14.6. The number of anilines is 2. The molecule has 0 aromatic heterocycles. The van der Waals surface area contributed by atoms with Crippen LogP contribution in [0.2, 0.25) is 0 Å². The van der Waals surface area contributed by atoms with E-state index in [0.717, 1.165) is 28.9 Å². The molecule has 0 heterocycles. The molecule has 0 fully saturated rings. The zero-order valence-corrected chi connectivity index (χ0v) is 14.6. The van der Waals surface area contributed by atoms with Gasteiger partial charge < -0.3 is 15.3 Å². The Labute approximate surface area is 144 Å². The molecular formula is C20H26N2O2. The van der Waals surface area contributed by atoms with Gasteiger partial charge >= 0.3 is 0 Å². The van der Waals surface area contributed by atoms with Gasteiger partial charge in [-0.25, -0.2) is 0 Å². The van der Waals surface area contributed by atoms with Gasteiger partial charge in [0.2, 0.25) is 5.91 Å². The van der Waals surface area contributed by atoms with Crippen LogP contribution >= 0.6 is 0 Å². The van der Waals surface area contributed by atoms with E-state index >= 15 is 0 Å². The van der Waals surface area contributed by atoms with Crippen LogP contribution in [0.25, 0.3) is 0 Å². The molecule has 2 aromatic carbocycles. The van der Waals surface area contributed by atoms with Crippen molar-refractivity contribution < 1.29 is 9.90 Å². The number of benzene rings is 2. The molecule has 128 valence electrons. The predicted octanol–water partition coefficient (Wildman–Crippen LogP) is 3.52. The van der Waals surface area contributed by atoms with Gasteiger partial charge in [0, 0.05) is 11.4 Å². The molecule has 0 bridgehead atoms. The molecular weight excluding hydrogens is 300 g/mol. The molecule has 1 amide bonds. The molecule has 1 unspecified atom stereocenters. The molecule has 0 saturated heterocycles. The van der Waals surface area contributed by atoms with Crippen molar-refractivity contribution in [3.8, 4) is 0 Å². The van der Waals surface area contributed by atoms with Crippen LogP contribution in [0.3, 0.4) is 0 Å². The monoisotopic (exact) mass is 326 g/mol. The van der Waals surface area contributed by atoms with Crippen molar-refractivity contribution >= 4 is 17.3 Å². The zero-order chi connectivity index (χ0) is 17.5. The van der Waals surface area contributed by atoms with Crippen LogP contribution in [-0.4, -0.2) is 30.2 Å². The SMILES string of the molecule is CCC(CO)N(CC(=O)Nc1cccc(C)c1C)c1ccccc1. The highest BCUT2D eigenvalue weighted by Gasteiger charge is 2.20. The van der Waals surface area contributed by atoms with Gasteiger partial charge in [0.05, 0.1) is 19.2 Å². The molecule has 24 heavy (non-hydrogen) atoms. The third-order valence-corrected chi connectivity index (χ3v) is 4.40. The number of hydrogen-bond acceptors (Lipinski definition) is 3. The fourth-order valence-corrected chi connectivity index (χ4v) is 2.73. The fraction of sp³-hybridized carbons (Fsp3) is 0.350. The highest BCUT2D eigenvalue weighted by atomic mass is 16.3. The second kappa shape index (κ2) is 8.50. The van der Waals surface area contributed by atoms with Crippen molar-refractivity contribution in [2.45, 2.75) is 33.2 Å². The Balaban J connectivity index is 2.17. The molecule has 0 radical (unpaired) electrons. The first kappa shape index (κ1) is 18.0. The number of para-hydroxylation sites is 1. The molecule has 0 aliphatic heterocycles. The summed E-state index contributed by atoms with van der Waals surface area (Å²) in [5.41, 5.74) is 4.00. The van der Waals surface area contributed by atoms with Crippen molar-refractivity contribution in [3.05, 3.63) is 59.7 Å². The van der Waals surface area contributed by atoms with E-state index in [-0.39, 0.29) is 25.1 Å². The molecule has 0 saturated carbocycles. The Kier molecular flexibility index (Phi) is 6.38. The minimum absolute atomic E-state index is 0.0160. The number of nitrogens with one attached hydrogen (secondary N) is 1. The van der Waals surface area contributed by atoms with Crippen molar-refractivity contribution in [2.24, 2.45) is 0 Å². The van der Waals surface area contributed by atoms with E-state index in [4.69, 9.17) is 0 Å². The van der Waals surface area contributed by atoms with Gasteiger partial charge in [-0.05, 0) is 49.6 Å². The maximum absolute atomic E-state index is 12.6. The second-order valence-corrected chi connectivity index (χ2v) is 6.00. The van der Waals surface area contributed by atoms with Gasteiger partial charge in [-0.1, -0.05) is 37.3 Å². The van der Waals surface area contributed by atoms with Gasteiger partial charge in [-0.2, -0.15) is 0 Å². The molecule has 0 aliphatic rings. The molecule has 2 N–H and O–H groups in total. The van der Waals surface area contributed by atoms with Crippen molar-refractivity contribution in [2.75, 3.05) is 23.4 Å². The number of amides is 1. The Morgan fingerprint density at radius 1 is 1.12 bits per heavy atom. The summed E-state index contributed by atoms with van der Waals surface area (Å²) in [5, 5.41) is 12.7. The van der Waals surface area contributed by atoms with E-state index in [1.165, 1.54) is 0 Å². The summed E-state index contributed by atoms with van der Waals surface area (Å²) >= 11 is 0. The number of hydrogen-bond donors (Lipinski definition) is 2. The Morgan fingerprint density at radius 3 is 2.46 bits per heavy atom. The van der Waals surface area contributed by atoms with E-state index in [9.17, 15) is 9.90 Å². The van der Waals surface area contributed by atoms with Crippen LogP contribution in [0.15, 0.2) is 48.5 Å². The van der Waals surface area contributed by atoms with Crippen LogP contribution < -0.4 is 10.2 Å². The number of carbonyl (C=O) groups excluding carboxylic acids is 1. The van der Waals surface area contributed by atoms with Crippen LogP contribution in [-0.2, 0) is 4.79 Å². The second-order valence-electron chi connectivity index (χ2n) is 6.00. The van der Waals surface area contributed by atoms with Crippen LogP contribution in [0.1, 0.15) is 24.5 Å². The predicted molar refractivity (Wildman–Crippen MR) is 99.5 cm³/mol. The molecule has 4 heteroatoms. The van der Waals surface area contributed by atoms with E-state index < -0.39 is 0 Å². The van der Waals surface area contributed by atoms with Crippen molar-refractivity contribution in [1.29, 1.82) is 0 Å². The van der Waals surface area contributed by atoms with Crippen LogP contribution in [0, 0.1) is 13.8 Å². The molecule has 2 aromatic rings. The third kappa shape index (κ3) is 4.36. The summed E-state index contributed by atoms with van der Waals surface area (Å²) in [6.07, 6.45) is 0.766. The topological polar surface area (TPSA) is 52.6 Å². The smallest absolute Gasteiger partial charge is 0.243 e. The number of aliphatic hydroxyl groups excluding tert-OH is 1. The Morgan fingerprint density at radius 2 is 1.83 bits per heavy atom. The van der Waals surface area contributed by atoms with Crippen molar-refractivity contribution in [1.82, 2.24) is 0 Å². The number of rotatable bonds is 7. The summed E-state index contributed by atoms with van der Waals surface area (Å²) in [6, 6.07) is 15.5. The summed E-state index contributed by atoms with van der Waals surface area (Å²) < 4.78 is 0. The van der Waals surface area contributed by atoms with Gasteiger partial charge in [0.25, 0.3) is 0 Å². The standard InChI is InChI=1S/C20H26N2O2/c1-4-17(14-23)22(18-10-6-5-7-11-18)13-20(24)21-19-12-8-9-15(2)16(19)3/h5-12,17,23H,4,13-14H2,1-3H3,(H,21,24). The Bertz CT molecular complexity index is 667. The normalized spacial score (nSPS) is 11.8. The molecule has 0 spiro atoms. The summed E-state index contributed by atoms with van der Waals surface area (Å²) in [7, 11) is 0. The van der Waals surface area contributed by atoms with Gasteiger partial charge in [-0.15, -0.1) is 0 Å². The molecule has 2 rings (SSSR count). The first-order chi connectivity index (χ1) is 11.6. The quantitative estimate of drug-likeness (QED) is 0.818. The average molecular weight is 326 g/mol. The Hall–Kier alpha value is -2.33. The van der Waals surface area contributed by atoms with Gasteiger partial charge in [0.1, 0.15) is 0 Å². The molecule has 0 aliphatic carbocycles.